The highest BCUT2D eigenvalue weighted by atomic mass is 79.9. The zero-order chi connectivity index (χ0) is 22.0. The van der Waals surface area contributed by atoms with E-state index in [0.717, 1.165) is 27.0 Å². The second-order valence-corrected chi connectivity index (χ2v) is 8.68. The molecule has 1 saturated heterocycles. The van der Waals surface area contributed by atoms with Crippen LogP contribution < -0.4 is 15.0 Å². The first-order valence-corrected chi connectivity index (χ1v) is 10.9. The van der Waals surface area contributed by atoms with Gasteiger partial charge in [0, 0.05) is 28.8 Å². The van der Waals surface area contributed by atoms with E-state index in [9.17, 15) is 9.59 Å². The third-order valence-electron chi connectivity index (χ3n) is 5.31. The predicted octanol–water partition coefficient (Wildman–Crippen LogP) is 5.85. The Hall–Kier alpha value is -3.12. The number of hydrogen-bond donors (Lipinski definition) is 1. The summed E-state index contributed by atoms with van der Waals surface area (Å²) in [4.78, 5) is 27.0. The van der Waals surface area contributed by atoms with Crippen molar-refractivity contribution in [2.45, 2.75) is 20.3 Å². The molecule has 3 aromatic rings. The fourth-order valence-corrected chi connectivity index (χ4v) is 3.98. The van der Waals surface area contributed by atoms with Gasteiger partial charge >= 0.3 is 0 Å². The van der Waals surface area contributed by atoms with Crippen LogP contribution >= 0.6 is 15.9 Å². The van der Waals surface area contributed by atoms with E-state index in [4.69, 9.17) is 4.74 Å². The maximum Gasteiger partial charge on any atom is 0.229 e. The maximum atomic E-state index is 12.8. The molecule has 1 aliphatic rings. The summed E-state index contributed by atoms with van der Waals surface area (Å²) in [5.74, 6) is 0.854. The number of amides is 2. The first-order valence-electron chi connectivity index (χ1n) is 10.1. The van der Waals surface area contributed by atoms with Crippen LogP contribution in [0.25, 0.3) is 0 Å². The molecule has 0 radical (unpaired) electrons. The van der Waals surface area contributed by atoms with Crippen molar-refractivity contribution < 1.29 is 14.3 Å². The van der Waals surface area contributed by atoms with Gasteiger partial charge in [0.15, 0.2) is 0 Å². The molecule has 6 heteroatoms. The number of rotatable bonds is 5. The summed E-state index contributed by atoms with van der Waals surface area (Å²) in [5.41, 5.74) is 3.73. The summed E-state index contributed by atoms with van der Waals surface area (Å²) >= 11 is 3.40. The summed E-state index contributed by atoms with van der Waals surface area (Å²) < 4.78 is 6.79. The lowest BCUT2D eigenvalue weighted by molar-refractivity contribution is -0.122. The SMILES string of the molecule is Cc1ccc(N2C[C@@H](C(=O)Nc3ccc(Oc4ccc(Br)cc4)cc3)CC2=O)c(C)c1. The van der Waals surface area contributed by atoms with Crippen LogP contribution in [0.15, 0.2) is 71.2 Å². The lowest BCUT2D eigenvalue weighted by Gasteiger charge is -2.19. The van der Waals surface area contributed by atoms with Crippen molar-refractivity contribution in [2.75, 3.05) is 16.8 Å². The van der Waals surface area contributed by atoms with Gasteiger partial charge in [0.25, 0.3) is 0 Å². The molecule has 0 spiro atoms. The Balaban J connectivity index is 1.38. The molecule has 1 N–H and O–H groups in total. The van der Waals surface area contributed by atoms with E-state index in [1.54, 1.807) is 29.2 Å². The number of nitrogens with zero attached hydrogens (tertiary/aromatic N) is 1. The number of ether oxygens (including phenoxy) is 1. The number of carbonyl (C=O) groups is 2. The normalized spacial score (nSPS) is 15.8. The van der Waals surface area contributed by atoms with Gasteiger partial charge in [-0.3, -0.25) is 9.59 Å². The Bertz CT molecular complexity index is 1110. The molecule has 0 unspecified atom stereocenters. The maximum absolute atomic E-state index is 12.8. The second-order valence-electron chi connectivity index (χ2n) is 7.76. The molecule has 1 aliphatic heterocycles. The number of aryl methyl sites for hydroxylation is 2. The van der Waals surface area contributed by atoms with Crippen LogP contribution in [0.4, 0.5) is 11.4 Å². The zero-order valence-electron chi connectivity index (χ0n) is 17.4. The Morgan fingerprint density at radius 2 is 1.65 bits per heavy atom. The minimum absolute atomic E-state index is 0.0228. The number of halogens is 1. The highest BCUT2D eigenvalue weighted by Crippen LogP contribution is 2.30. The van der Waals surface area contributed by atoms with E-state index in [2.05, 4.69) is 21.2 Å². The number of carbonyl (C=O) groups excluding carboxylic acids is 2. The lowest BCUT2D eigenvalue weighted by atomic mass is 10.1. The van der Waals surface area contributed by atoms with Crippen molar-refractivity contribution in [1.82, 2.24) is 0 Å². The van der Waals surface area contributed by atoms with Gasteiger partial charge in [-0.1, -0.05) is 33.6 Å². The molecule has 1 fully saturated rings. The van der Waals surface area contributed by atoms with Gasteiger partial charge in [-0.15, -0.1) is 0 Å². The monoisotopic (exact) mass is 478 g/mol. The molecular formula is C25H23BrN2O3. The standard InChI is InChI=1S/C25H23BrN2O3/c1-16-3-12-23(17(2)13-16)28-15-18(14-24(28)29)25(30)27-20-6-10-22(11-7-20)31-21-8-4-19(26)5-9-21/h3-13,18H,14-15H2,1-2H3,(H,27,30)/t18-/m0/s1. The van der Waals surface area contributed by atoms with E-state index in [0.29, 0.717) is 18.0 Å². The van der Waals surface area contributed by atoms with Crippen molar-refractivity contribution in [2.24, 2.45) is 5.92 Å². The summed E-state index contributed by atoms with van der Waals surface area (Å²) in [7, 11) is 0. The molecule has 4 rings (SSSR count). The third kappa shape index (κ3) is 4.97. The van der Waals surface area contributed by atoms with Crippen molar-refractivity contribution in [3.8, 4) is 11.5 Å². The van der Waals surface area contributed by atoms with E-state index in [1.165, 1.54) is 0 Å². The second kappa shape index (κ2) is 8.94. The Morgan fingerprint density at radius 1 is 1.00 bits per heavy atom. The van der Waals surface area contributed by atoms with Crippen molar-refractivity contribution in [3.05, 3.63) is 82.3 Å². The molecule has 1 heterocycles. The molecule has 0 aromatic heterocycles. The quantitative estimate of drug-likeness (QED) is 0.500. The molecular weight excluding hydrogens is 456 g/mol. The zero-order valence-corrected chi connectivity index (χ0v) is 19.0. The highest BCUT2D eigenvalue weighted by molar-refractivity contribution is 9.10. The molecule has 3 aromatic carbocycles. The summed E-state index contributed by atoms with van der Waals surface area (Å²) in [6.45, 7) is 4.40. The highest BCUT2D eigenvalue weighted by Gasteiger charge is 2.35. The largest absolute Gasteiger partial charge is 0.457 e. The first-order chi connectivity index (χ1) is 14.9. The fourth-order valence-electron chi connectivity index (χ4n) is 3.71. The molecule has 5 nitrogen and oxygen atoms in total. The van der Waals surface area contributed by atoms with Gasteiger partial charge in [0.1, 0.15) is 11.5 Å². The number of anilines is 2. The van der Waals surface area contributed by atoms with Gasteiger partial charge in [-0.05, 0) is 74.0 Å². The van der Waals surface area contributed by atoms with Crippen molar-refractivity contribution in [3.63, 3.8) is 0 Å². The van der Waals surface area contributed by atoms with Crippen LogP contribution in [0.1, 0.15) is 17.5 Å². The van der Waals surface area contributed by atoms with E-state index < -0.39 is 0 Å². The van der Waals surface area contributed by atoms with Crippen molar-refractivity contribution in [1.29, 1.82) is 0 Å². The third-order valence-corrected chi connectivity index (χ3v) is 5.84. The molecule has 158 valence electrons. The lowest BCUT2D eigenvalue weighted by Crippen LogP contribution is -2.28. The van der Waals surface area contributed by atoms with Gasteiger partial charge < -0.3 is 15.0 Å². The number of hydrogen-bond acceptors (Lipinski definition) is 3. The topological polar surface area (TPSA) is 58.6 Å². The fraction of sp³-hybridized carbons (Fsp3) is 0.200. The van der Waals surface area contributed by atoms with Gasteiger partial charge in [0.05, 0.1) is 5.92 Å². The van der Waals surface area contributed by atoms with Crippen LogP contribution in [0.5, 0.6) is 11.5 Å². The Kier molecular flexibility index (Phi) is 6.09. The average molecular weight is 479 g/mol. The van der Waals surface area contributed by atoms with Crippen LogP contribution in [0, 0.1) is 19.8 Å². The van der Waals surface area contributed by atoms with E-state index in [-0.39, 0.29) is 24.2 Å². The summed E-state index contributed by atoms with van der Waals surface area (Å²) in [6.07, 6.45) is 0.212. The van der Waals surface area contributed by atoms with Crippen LogP contribution in [0.3, 0.4) is 0 Å². The molecule has 2 amide bonds. The number of nitrogens with one attached hydrogen (secondary N) is 1. The molecule has 0 aliphatic carbocycles. The first kappa shape index (κ1) is 21.1. The molecule has 0 saturated carbocycles. The minimum Gasteiger partial charge on any atom is -0.457 e. The molecule has 31 heavy (non-hydrogen) atoms. The van der Waals surface area contributed by atoms with E-state index >= 15 is 0 Å². The molecule has 1 atom stereocenters. The van der Waals surface area contributed by atoms with Gasteiger partial charge in [-0.2, -0.15) is 0 Å². The van der Waals surface area contributed by atoms with Crippen molar-refractivity contribution >= 4 is 39.1 Å². The van der Waals surface area contributed by atoms with Crippen LogP contribution in [0.2, 0.25) is 0 Å². The van der Waals surface area contributed by atoms with Gasteiger partial charge in [0.2, 0.25) is 11.8 Å². The predicted molar refractivity (Wildman–Crippen MR) is 126 cm³/mol. The average Bonchev–Trinajstić information content (AvgIpc) is 3.13. The summed E-state index contributed by atoms with van der Waals surface area (Å²) in [6, 6.07) is 20.8. The molecule has 0 bridgehead atoms. The van der Waals surface area contributed by atoms with E-state index in [1.807, 2.05) is 56.3 Å². The van der Waals surface area contributed by atoms with Crippen LogP contribution in [-0.2, 0) is 9.59 Å². The van der Waals surface area contributed by atoms with Crippen LogP contribution in [-0.4, -0.2) is 18.4 Å². The Morgan fingerprint density at radius 3 is 2.29 bits per heavy atom. The summed E-state index contributed by atoms with van der Waals surface area (Å²) in [5, 5.41) is 2.92. The number of benzene rings is 3. The van der Waals surface area contributed by atoms with Gasteiger partial charge in [-0.25, -0.2) is 0 Å². The Labute approximate surface area is 190 Å². The smallest absolute Gasteiger partial charge is 0.229 e. The minimum atomic E-state index is -0.383.